The molecule has 0 bridgehead atoms. The first kappa shape index (κ1) is 20.1. The molecule has 0 fully saturated rings. The van der Waals surface area contributed by atoms with Crippen molar-refractivity contribution in [2.45, 2.75) is 32.7 Å². The molecule has 0 spiro atoms. The Morgan fingerprint density at radius 3 is 1.79 bits per heavy atom. The normalized spacial score (nSPS) is 12.0. The third-order valence-electron chi connectivity index (χ3n) is 5.40. The third kappa shape index (κ3) is 5.43. The molecule has 0 aliphatic rings. The summed E-state index contributed by atoms with van der Waals surface area (Å²) in [6.07, 6.45) is 4.65. The van der Waals surface area contributed by atoms with E-state index in [1.807, 2.05) is 0 Å². The molecule has 0 aliphatic carbocycles. The molecule has 1 atom stereocenters. The van der Waals surface area contributed by atoms with Crippen molar-refractivity contribution < 1.29 is 0 Å². The minimum atomic E-state index is 0.456. The Hall–Kier alpha value is -2.64. The monoisotopic (exact) mass is 369 g/mol. The van der Waals surface area contributed by atoms with Crippen molar-refractivity contribution in [3.05, 3.63) is 114 Å². The first-order valence-corrected chi connectivity index (χ1v) is 10.4. The van der Waals surface area contributed by atoms with E-state index in [9.17, 15) is 0 Å². The molecular formula is C27H31N. The van der Waals surface area contributed by atoms with Gasteiger partial charge in [-0.1, -0.05) is 104 Å². The Balaban J connectivity index is 1.66. The number of benzene rings is 3. The molecule has 3 aromatic carbocycles. The van der Waals surface area contributed by atoms with Crippen molar-refractivity contribution in [2.24, 2.45) is 0 Å². The van der Waals surface area contributed by atoms with Crippen LogP contribution in [0.4, 0.5) is 0 Å². The van der Waals surface area contributed by atoms with Gasteiger partial charge in [0.05, 0.1) is 0 Å². The lowest BCUT2D eigenvalue weighted by molar-refractivity contribution is 0.220. The van der Waals surface area contributed by atoms with Crippen molar-refractivity contribution in [2.75, 3.05) is 13.1 Å². The van der Waals surface area contributed by atoms with Crippen LogP contribution in [-0.2, 0) is 0 Å². The van der Waals surface area contributed by atoms with E-state index >= 15 is 0 Å². The van der Waals surface area contributed by atoms with Gasteiger partial charge >= 0.3 is 0 Å². The van der Waals surface area contributed by atoms with E-state index in [1.165, 1.54) is 22.3 Å². The molecule has 0 saturated heterocycles. The van der Waals surface area contributed by atoms with E-state index in [4.69, 9.17) is 0 Å². The van der Waals surface area contributed by atoms with Gasteiger partial charge in [0.2, 0.25) is 0 Å². The average Bonchev–Trinajstić information content (AvgIpc) is 2.78. The number of hydrogen-bond donors (Lipinski definition) is 0. The standard InChI is InChI=1S/C27H31N/c1-3-28(23(2)24-15-7-4-8-16-24)22-14-13-21-27(25-17-9-5-10-18-25)26-19-11-6-12-20-26/h4-12,15-21,23H,3,13-14,22H2,1-2H3/t23-/m1/s1. The van der Waals surface area contributed by atoms with Gasteiger partial charge in [-0.05, 0) is 55.1 Å². The second-order valence-corrected chi connectivity index (χ2v) is 7.21. The van der Waals surface area contributed by atoms with Gasteiger partial charge < -0.3 is 0 Å². The smallest absolute Gasteiger partial charge is 0.0319 e. The zero-order valence-corrected chi connectivity index (χ0v) is 17.1. The highest BCUT2D eigenvalue weighted by molar-refractivity contribution is 5.79. The summed E-state index contributed by atoms with van der Waals surface area (Å²) in [5, 5.41) is 0. The van der Waals surface area contributed by atoms with E-state index in [0.717, 1.165) is 25.9 Å². The van der Waals surface area contributed by atoms with E-state index < -0.39 is 0 Å². The molecule has 28 heavy (non-hydrogen) atoms. The first-order valence-electron chi connectivity index (χ1n) is 10.4. The topological polar surface area (TPSA) is 3.24 Å². The van der Waals surface area contributed by atoms with Crippen molar-refractivity contribution in [1.82, 2.24) is 4.90 Å². The van der Waals surface area contributed by atoms with Gasteiger partial charge in [-0.2, -0.15) is 0 Å². The molecule has 1 heteroatoms. The molecule has 144 valence electrons. The highest BCUT2D eigenvalue weighted by atomic mass is 15.1. The lowest BCUT2D eigenvalue weighted by Crippen LogP contribution is -2.27. The number of unbranched alkanes of at least 4 members (excludes halogenated alkanes) is 1. The fourth-order valence-corrected chi connectivity index (χ4v) is 3.75. The first-order chi connectivity index (χ1) is 13.8. The molecule has 0 heterocycles. The quantitative estimate of drug-likeness (QED) is 0.368. The second-order valence-electron chi connectivity index (χ2n) is 7.21. The number of hydrogen-bond acceptors (Lipinski definition) is 1. The molecule has 3 rings (SSSR count). The Morgan fingerprint density at radius 2 is 1.29 bits per heavy atom. The van der Waals surface area contributed by atoms with Crippen molar-refractivity contribution in [1.29, 1.82) is 0 Å². The molecule has 1 nitrogen and oxygen atoms in total. The summed E-state index contributed by atoms with van der Waals surface area (Å²) >= 11 is 0. The molecule has 0 aromatic heterocycles. The molecule has 0 amide bonds. The van der Waals surface area contributed by atoms with Crippen LogP contribution < -0.4 is 0 Å². The van der Waals surface area contributed by atoms with Crippen molar-refractivity contribution in [3.63, 3.8) is 0 Å². The van der Waals surface area contributed by atoms with Crippen LogP contribution in [0.5, 0.6) is 0 Å². The highest BCUT2D eigenvalue weighted by Gasteiger charge is 2.13. The average molecular weight is 370 g/mol. The Bertz CT molecular complexity index is 796. The van der Waals surface area contributed by atoms with Gasteiger partial charge in [0.25, 0.3) is 0 Å². The number of rotatable bonds is 9. The maximum atomic E-state index is 2.56. The van der Waals surface area contributed by atoms with Gasteiger partial charge in [0, 0.05) is 6.04 Å². The second kappa shape index (κ2) is 10.6. The van der Waals surface area contributed by atoms with Crippen molar-refractivity contribution in [3.8, 4) is 0 Å². The molecule has 3 aromatic rings. The van der Waals surface area contributed by atoms with E-state index in [1.54, 1.807) is 0 Å². The molecule has 0 aliphatic heterocycles. The van der Waals surface area contributed by atoms with Gasteiger partial charge in [-0.15, -0.1) is 0 Å². The van der Waals surface area contributed by atoms with Crippen LogP contribution in [-0.4, -0.2) is 18.0 Å². The maximum absolute atomic E-state index is 2.56. The highest BCUT2D eigenvalue weighted by Crippen LogP contribution is 2.25. The predicted octanol–water partition coefficient (Wildman–Crippen LogP) is 6.98. The van der Waals surface area contributed by atoms with Gasteiger partial charge in [0.1, 0.15) is 0 Å². The molecule has 0 unspecified atom stereocenters. The Labute approximate surface area is 170 Å². The van der Waals surface area contributed by atoms with E-state index in [-0.39, 0.29) is 0 Å². The summed E-state index contributed by atoms with van der Waals surface area (Å²) in [4.78, 5) is 2.56. The molecule has 0 radical (unpaired) electrons. The lowest BCUT2D eigenvalue weighted by atomic mass is 9.96. The summed E-state index contributed by atoms with van der Waals surface area (Å²) in [5.41, 5.74) is 5.31. The van der Waals surface area contributed by atoms with Crippen LogP contribution in [0.3, 0.4) is 0 Å². The van der Waals surface area contributed by atoms with Gasteiger partial charge in [0.15, 0.2) is 0 Å². The summed E-state index contributed by atoms with van der Waals surface area (Å²) in [7, 11) is 0. The molecular weight excluding hydrogens is 338 g/mol. The SMILES string of the molecule is CCN(CCCC=C(c1ccccc1)c1ccccc1)[C@H](C)c1ccccc1. The van der Waals surface area contributed by atoms with Gasteiger partial charge in [-0.3, -0.25) is 4.90 Å². The van der Waals surface area contributed by atoms with E-state index in [2.05, 4.69) is 116 Å². The Morgan fingerprint density at radius 1 is 0.786 bits per heavy atom. The largest absolute Gasteiger partial charge is 0.297 e. The summed E-state index contributed by atoms with van der Waals surface area (Å²) in [6.45, 7) is 6.76. The summed E-state index contributed by atoms with van der Waals surface area (Å²) in [5.74, 6) is 0. The fourth-order valence-electron chi connectivity index (χ4n) is 3.75. The number of allylic oxidation sites excluding steroid dienone is 1. The van der Waals surface area contributed by atoms with Crippen LogP contribution in [0, 0.1) is 0 Å². The molecule has 0 N–H and O–H groups in total. The maximum Gasteiger partial charge on any atom is 0.0319 e. The lowest BCUT2D eigenvalue weighted by Gasteiger charge is -2.28. The summed E-state index contributed by atoms with van der Waals surface area (Å²) in [6, 6.07) is 32.7. The zero-order valence-electron chi connectivity index (χ0n) is 17.1. The van der Waals surface area contributed by atoms with Crippen LogP contribution >= 0.6 is 0 Å². The van der Waals surface area contributed by atoms with E-state index in [0.29, 0.717) is 6.04 Å². The van der Waals surface area contributed by atoms with Crippen LogP contribution in [0.25, 0.3) is 5.57 Å². The van der Waals surface area contributed by atoms with Crippen LogP contribution in [0.2, 0.25) is 0 Å². The third-order valence-corrected chi connectivity index (χ3v) is 5.40. The minimum absolute atomic E-state index is 0.456. The fraction of sp³-hybridized carbons (Fsp3) is 0.259. The minimum Gasteiger partial charge on any atom is -0.297 e. The predicted molar refractivity (Wildman–Crippen MR) is 121 cm³/mol. The Kier molecular flexibility index (Phi) is 7.63. The zero-order chi connectivity index (χ0) is 19.6. The summed E-state index contributed by atoms with van der Waals surface area (Å²) < 4.78 is 0. The van der Waals surface area contributed by atoms with Crippen molar-refractivity contribution >= 4 is 5.57 Å². The van der Waals surface area contributed by atoms with Crippen LogP contribution in [0.1, 0.15) is 49.4 Å². The van der Waals surface area contributed by atoms with Gasteiger partial charge in [-0.25, -0.2) is 0 Å². The molecule has 0 saturated carbocycles. The van der Waals surface area contributed by atoms with Crippen LogP contribution in [0.15, 0.2) is 97.1 Å². The number of nitrogens with zero attached hydrogens (tertiary/aromatic N) is 1.